The number of hydrogen-bond acceptors (Lipinski definition) is 8. The fourth-order valence-corrected chi connectivity index (χ4v) is 6.08. The normalized spacial score (nSPS) is 15.3. The van der Waals surface area contributed by atoms with Crippen LogP contribution in [0.2, 0.25) is 0 Å². The quantitative estimate of drug-likeness (QED) is 0.512. The zero-order valence-electron chi connectivity index (χ0n) is 18.1. The van der Waals surface area contributed by atoms with Gasteiger partial charge in [-0.2, -0.15) is 4.31 Å². The van der Waals surface area contributed by atoms with Gasteiger partial charge in [-0.1, -0.05) is 0 Å². The number of H-pyrrole nitrogens is 1. The molecule has 4 rings (SSSR count). The fourth-order valence-electron chi connectivity index (χ4n) is 3.70. The topological polar surface area (TPSA) is 160 Å². The van der Waals surface area contributed by atoms with Gasteiger partial charge in [0.1, 0.15) is 10.7 Å². The van der Waals surface area contributed by atoms with Crippen LogP contribution in [0.25, 0.3) is 10.2 Å². The lowest BCUT2D eigenvalue weighted by Crippen LogP contribution is -2.50. The van der Waals surface area contributed by atoms with E-state index in [0.29, 0.717) is 16.0 Å². The summed E-state index contributed by atoms with van der Waals surface area (Å²) in [5.41, 5.74) is 5.81. The summed E-state index contributed by atoms with van der Waals surface area (Å²) in [6, 6.07) is 2.40. The van der Waals surface area contributed by atoms with Crippen molar-refractivity contribution in [3.63, 3.8) is 0 Å². The van der Waals surface area contributed by atoms with Gasteiger partial charge in [0.05, 0.1) is 5.39 Å². The van der Waals surface area contributed by atoms with Crippen LogP contribution in [-0.4, -0.2) is 65.6 Å². The van der Waals surface area contributed by atoms with Gasteiger partial charge >= 0.3 is 0 Å². The van der Waals surface area contributed by atoms with Crippen LogP contribution in [0.3, 0.4) is 0 Å². The number of aromatic nitrogens is 2. The Labute approximate surface area is 193 Å². The Balaban J connectivity index is 1.36. The van der Waals surface area contributed by atoms with E-state index in [4.69, 9.17) is 10.2 Å². The van der Waals surface area contributed by atoms with E-state index in [1.165, 1.54) is 27.8 Å². The largest absolute Gasteiger partial charge is 0.438 e. The van der Waals surface area contributed by atoms with E-state index in [1.54, 1.807) is 4.90 Å². The van der Waals surface area contributed by atoms with Crippen molar-refractivity contribution >= 4 is 43.4 Å². The Morgan fingerprint density at radius 1 is 1.21 bits per heavy atom. The molecule has 3 aromatic rings. The van der Waals surface area contributed by atoms with Crippen molar-refractivity contribution in [1.29, 1.82) is 0 Å². The molecule has 0 saturated carbocycles. The molecule has 1 saturated heterocycles. The van der Waals surface area contributed by atoms with Crippen LogP contribution in [0.4, 0.5) is 0 Å². The number of nitrogens with one attached hydrogen (secondary N) is 1. The maximum atomic E-state index is 12.7. The predicted molar refractivity (Wildman–Crippen MR) is 121 cm³/mol. The molecule has 3 N–H and O–H groups in total. The molecule has 4 heterocycles. The zero-order chi connectivity index (χ0) is 23.9. The molecule has 176 valence electrons. The molecule has 1 fully saturated rings. The molecule has 0 aliphatic carbocycles. The lowest BCUT2D eigenvalue weighted by Gasteiger charge is -2.33. The minimum atomic E-state index is -3.93. The standard InChI is InChI=1S/C20H23N5O6S2/c1-11-12(2)32-20-17(11)19(28)22-14(23-20)4-5-15(26)24-7-9-25(10-8-24)33(29,30)16-6-3-13(31-16)18(21)27/h3,6H,4-5,7-10H2,1-2H3,(H2,21,27)(H,22,23,28). The number of nitrogens with zero attached hydrogens (tertiary/aromatic N) is 3. The van der Waals surface area contributed by atoms with Gasteiger partial charge in [-0.05, 0) is 31.5 Å². The first kappa shape index (κ1) is 23.1. The number of carbonyl (C=O) groups is 2. The molecule has 0 atom stereocenters. The molecular weight excluding hydrogens is 470 g/mol. The number of fused-ring (bicyclic) bond motifs is 1. The average molecular weight is 494 g/mol. The van der Waals surface area contributed by atoms with Crippen molar-refractivity contribution < 1.29 is 22.4 Å². The molecule has 11 nitrogen and oxygen atoms in total. The molecule has 0 bridgehead atoms. The Morgan fingerprint density at radius 3 is 2.55 bits per heavy atom. The second kappa shape index (κ2) is 8.72. The molecule has 0 radical (unpaired) electrons. The Bertz CT molecular complexity index is 1400. The molecule has 0 spiro atoms. The van der Waals surface area contributed by atoms with Crippen molar-refractivity contribution in [2.45, 2.75) is 31.8 Å². The van der Waals surface area contributed by atoms with Gasteiger partial charge < -0.3 is 20.0 Å². The summed E-state index contributed by atoms with van der Waals surface area (Å²) in [6.07, 6.45) is 0.422. The van der Waals surface area contributed by atoms with Crippen molar-refractivity contribution in [2.24, 2.45) is 5.73 Å². The van der Waals surface area contributed by atoms with E-state index in [2.05, 4.69) is 9.97 Å². The first-order valence-corrected chi connectivity index (χ1v) is 12.5. The maximum Gasteiger partial charge on any atom is 0.284 e. The van der Waals surface area contributed by atoms with E-state index in [9.17, 15) is 22.8 Å². The summed E-state index contributed by atoms with van der Waals surface area (Å²) in [5.74, 6) is -0.792. The van der Waals surface area contributed by atoms with Crippen molar-refractivity contribution in [1.82, 2.24) is 19.2 Å². The number of amides is 2. The fraction of sp³-hybridized carbons (Fsp3) is 0.400. The van der Waals surface area contributed by atoms with Crippen LogP contribution in [0.5, 0.6) is 0 Å². The van der Waals surface area contributed by atoms with Crippen molar-refractivity contribution in [3.05, 3.63) is 44.5 Å². The van der Waals surface area contributed by atoms with Gasteiger partial charge in [0, 0.05) is 43.9 Å². The third kappa shape index (κ3) is 4.43. The first-order valence-electron chi connectivity index (χ1n) is 10.2. The summed E-state index contributed by atoms with van der Waals surface area (Å²) in [7, 11) is -3.93. The van der Waals surface area contributed by atoms with Crippen LogP contribution < -0.4 is 11.3 Å². The summed E-state index contributed by atoms with van der Waals surface area (Å²) < 4.78 is 31.7. The van der Waals surface area contributed by atoms with E-state index < -0.39 is 15.9 Å². The van der Waals surface area contributed by atoms with Crippen LogP contribution >= 0.6 is 11.3 Å². The predicted octanol–water partition coefficient (Wildman–Crippen LogP) is 0.759. The number of carbonyl (C=O) groups excluding carboxylic acids is 2. The number of hydrogen-bond donors (Lipinski definition) is 2. The monoisotopic (exact) mass is 493 g/mol. The SMILES string of the molecule is Cc1sc2nc(CCC(=O)N3CCN(S(=O)(=O)c4ccc(C(N)=O)o4)CC3)[nH]c(=O)c2c1C. The molecule has 2 amide bonds. The molecule has 0 unspecified atom stereocenters. The number of primary amides is 1. The third-order valence-electron chi connectivity index (χ3n) is 5.67. The molecule has 1 aliphatic rings. The smallest absolute Gasteiger partial charge is 0.284 e. The molecule has 0 aromatic carbocycles. The zero-order valence-corrected chi connectivity index (χ0v) is 19.7. The average Bonchev–Trinajstić information content (AvgIpc) is 3.38. The highest BCUT2D eigenvalue weighted by molar-refractivity contribution is 7.89. The Morgan fingerprint density at radius 2 is 1.91 bits per heavy atom. The summed E-state index contributed by atoms with van der Waals surface area (Å²) in [6.45, 7) is 4.44. The lowest BCUT2D eigenvalue weighted by molar-refractivity contribution is -0.132. The second-order valence-corrected chi connectivity index (χ2v) is 10.8. The van der Waals surface area contributed by atoms with Gasteiger partial charge in [-0.25, -0.2) is 13.4 Å². The molecule has 33 heavy (non-hydrogen) atoms. The summed E-state index contributed by atoms with van der Waals surface area (Å²) >= 11 is 1.45. The van der Waals surface area contributed by atoms with Gasteiger partial charge in [0.25, 0.3) is 21.5 Å². The van der Waals surface area contributed by atoms with Gasteiger partial charge in [-0.15, -0.1) is 11.3 Å². The van der Waals surface area contributed by atoms with Crippen molar-refractivity contribution in [2.75, 3.05) is 26.2 Å². The van der Waals surface area contributed by atoms with Crippen LogP contribution in [-0.2, 0) is 21.2 Å². The highest BCUT2D eigenvalue weighted by Crippen LogP contribution is 2.26. The van der Waals surface area contributed by atoms with E-state index >= 15 is 0 Å². The number of piperazine rings is 1. The Hall–Kier alpha value is -3.03. The maximum absolute atomic E-state index is 12.7. The molecule has 1 aliphatic heterocycles. The number of nitrogens with two attached hydrogens (primary N) is 1. The van der Waals surface area contributed by atoms with Crippen LogP contribution in [0, 0.1) is 13.8 Å². The minimum absolute atomic E-state index is 0.0927. The van der Waals surface area contributed by atoms with Gasteiger partial charge in [0.2, 0.25) is 11.0 Å². The summed E-state index contributed by atoms with van der Waals surface area (Å²) in [5, 5.41) is 0.227. The Kier molecular flexibility index (Phi) is 6.12. The van der Waals surface area contributed by atoms with Gasteiger partial charge in [-0.3, -0.25) is 14.4 Å². The molecule has 13 heteroatoms. The van der Waals surface area contributed by atoms with E-state index in [-0.39, 0.29) is 61.3 Å². The number of aryl methyl sites for hydroxylation is 3. The lowest BCUT2D eigenvalue weighted by atomic mass is 10.2. The number of thiophene rings is 1. The first-order chi connectivity index (χ1) is 15.6. The summed E-state index contributed by atoms with van der Waals surface area (Å²) in [4.78, 5) is 46.7. The van der Waals surface area contributed by atoms with E-state index in [1.807, 2.05) is 13.8 Å². The number of furan rings is 1. The highest BCUT2D eigenvalue weighted by Gasteiger charge is 2.32. The highest BCUT2D eigenvalue weighted by atomic mass is 32.2. The van der Waals surface area contributed by atoms with Crippen LogP contribution in [0.1, 0.15) is 33.2 Å². The molecular formula is C20H23N5O6S2. The third-order valence-corrected chi connectivity index (χ3v) is 8.55. The second-order valence-electron chi connectivity index (χ2n) is 7.74. The number of rotatable bonds is 6. The van der Waals surface area contributed by atoms with Crippen LogP contribution in [0.15, 0.2) is 26.4 Å². The number of sulfonamides is 1. The molecule has 3 aromatic heterocycles. The minimum Gasteiger partial charge on any atom is -0.438 e. The van der Waals surface area contributed by atoms with Gasteiger partial charge in [0.15, 0.2) is 5.76 Å². The van der Waals surface area contributed by atoms with Crippen molar-refractivity contribution in [3.8, 4) is 0 Å². The van der Waals surface area contributed by atoms with E-state index in [0.717, 1.165) is 10.4 Å². The number of aromatic amines is 1.